The molecule has 1 N–H and O–H groups in total. The van der Waals surface area contributed by atoms with Crippen LogP contribution in [0.4, 0.5) is 0 Å². The van der Waals surface area contributed by atoms with Crippen LogP contribution in [-0.2, 0) is 0 Å². The molecule has 0 saturated carbocycles. The quantitative estimate of drug-likeness (QED) is 0.889. The first-order valence-electron chi connectivity index (χ1n) is 6.98. The van der Waals surface area contributed by atoms with E-state index in [1.165, 1.54) is 42.9 Å². The molecule has 1 aliphatic heterocycles. The monoisotopic (exact) mass is 267 g/mol. The average molecular weight is 267 g/mol. The summed E-state index contributed by atoms with van der Waals surface area (Å²) in [7, 11) is 2.23. The van der Waals surface area contributed by atoms with E-state index in [1.807, 2.05) is 5.51 Å². The number of hydrogen-bond acceptors (Lipinski definition) is 4. The van der Waals surface area contributed by atoms with Gasteiger partial charge >= 0.3 is 0 Å². The summed E-state index contributed by atoms with van der Waals surface area (Å²) in [4.78, 5) is 8.14. The lowest BCUT2D eigenvalue weighted by atomic mass is 9.94. The number of aryl methyl sites for hydroxylation is 1. The lowest BCUT2D eigenvalue weighted by molar-refractivity contribution is 0.211. The van der Waals surface area contributed by atoms with Crippen LogP contribution in [-0.4, -0.2) is 36.6 Å². The van der Waals surface area contributed by atoms with Gasteiger partial charge in [-0.05, 0) is 65.7 Å². The fourth-order valence-electron chi connectivity index (χ4n) is 2.67. The minimum atomic E-state index is 0.448. The Hall–Kier alpha value is -0.450. The van der Waals surface area contributed by atoms with Crippen molar-refractivity contribution in [3.05, 3.63) is 16.1 Å². The summed E-state index contributed by atoms with van der Waals surface area (Å²) in [5.41, 5.74) is 3.12. The topological polar surface area (TPSA) is 28.2 Å². The third-order valence-electron chi connectivity index (χ3n) is 4.02. The minimum Gasteiger partial charge on any atom is -0.309 e. The molecule has 1 aromatic rings. The van der Waals surface area contributed by atoms with Gasteiger partial charge in [-0.3, -0.25) is 0 Å². The number of nitrogens with one attached hydrogen (secondary N) is 1. The van der Waals surface area contributed by atoms with Crippen molar-refractivity contribution >= 4 is 11.3 Å². The predicted molar refractivity (Wildman–Crippen MR) is 78.1 cm³/mol. The predicted octanol–water partition coefficient (Wildman–Crippen LogP) is 2.83. The lowest BCUT2D eigenvalue weighted by Gasteiger charge is -2.29. The standard InChI is InChI=1S/C14H25N3S/c1-11(14-12(2)16-10-18-14)15-7-4-13-5-8-17(3)9-6-13/h10-11,13,15H,4-9H2,1-3H3. The van der Waals surface area contributed by atoms with Gasteiger partial charge in [-0.25, -0.2) is 4.98 Å². The zero-order valence-electron chi connectivity index (χ0n) is 11.8. The third kappa shape index (κ3) is 3.77. The second-order valence-electron chi connectivity index (χ2n) is 5.51. The first kappa shape index (κ1) is 14.0. The van der Waals surface area contributed by atoms with E-state index in [9.17, 15) is 0 Å². The maximum Gasteiger partial charge on any atom is 0.0798 e. The highest BCUT2D eigenvalue weighted by molar-refractivity contribution is 7.09. The molecule has 1 fully saturated rings. The Morgan fingerprint density at radius 1 is 1.50 bits per heavy atom. The Morgan fingerprint density at radius 3 is 2.83 bits per heavy atom. The second-order valence-corrected chi connectivity index (χ2v) is 6.40. The maximum absolute atomic E-state index is 4.32. The van der Waals surface area contributed by atoms with Crippen LogP contribution in [0.3, 0.4) is 0 Å². The van der Waals surface area contributed by atoms with Crippen LogP contribution >= 0.6 is 11.3 Å². The van der Waals surface area contributed by atoms with E-state index in [2.05, 4.69) is 36.1 Å². The molecule has 1 aliphatic rings. The summed E-state index contributed by atoms with van der Waals surface area (Å²) in [5, 5.41) is 3.64. The lowest BCUT2D eigenvalue weighted by Crippen LogP contribution is -2.32. The van der Waals surface area contributed by atoms with E-state index < -0.39 is 0 Å². The zero-order chi connectivity index (χ0) is 13.0. The number of rotatable bonds is 5. The summed E-state index contributed by atoms with van der Waals surface area (Å²) >= 11 is 1.76. The molecule has 4 heteroatoms. The molecule has 1 aromatic heterocycles. The van der Waals surface area contributed by atoms with Crippen molar-refractivity contribution in [1.82, 2.24) is 15.2 Å². The summed E-state index contributed by atoms with van der Waals surface area (Å²) in [5.74, 6) is 0.920. The number of likely N-dealkylation sites (tertiary alicyclic amines) is 1. The van der Waals surface area contributed by atoms with Crippen molar-refractivity contribution in [2.24, 2.45) is 5.92 Å². The van der Waals surface area contributed by atoms with Gasteiger partial charge in [0.25, 0.3) is 0 Å². The zero-order valence-corrected chi connectivity index (χ0v) is 12.6. The van der Waals surface area contributed by atoms with Crippen molar-refractivity contribution in [2.75, 3.05) is 26.7 Å². The van der Waals surface area contributed by atoms with Crippen LogP contribution in [0.2, 0.25) is 0 Å². The molecule has 3 nitrogen and oxygen atoms in total. The van der Waals surface area contributed by atoms with E-state index in [4.69, 9.17) is 0 Å². The summed E-state index contributed by atoms with van der Waals surface area (Å²) in [6.07, 6.45) is 4.05. The Kier molecular flexibility index (Phi) is 5.15. The fourth-order valence-corrected chi connectivity index (χ4v) is 3.51. The summed E-state index contributed by atoms with van der Waals surface area (Å²) in [6, 6.07) is 0.448. The van der Waals surface area contributed by atoms with Gasteiger partial charge in [-0.1, -0.05) is 0 Å². The molecule has 2 heterocycles. The van der Waals surface area contributed by atoms with Gasteiger partial charge in [0.15, 0.2) is 0 Å². The molecular formula is C14H25N3S. The number of piperidine rings is 1. The first-order valence-corrected chi connectivity index (χ1v) is 7.86. The molecule has 1 atom stereocenters. The van der Waals surface area contributed by atoms with Crippen LogP contribution in [0, 0.1) is 12.8 Å². The van der Waals surface area contributed by atoms with Crippen molar-refractivity contribution < 1.29 is 0 Å². The molecular weight excluding hydrogens is 242 g/mol. The molecule has 0 bridgehead atoms. The molecule has 1 saturated heterocycles. The van der Waals surface area contributed by atoms with Gasteiger partial charge in [-0.15, -0.1) is 11.3 Å². The number of hydrogen-bond donors (Lipinski definition) is 1. The number of nitrogens with zero attached hydrogens (tertiary/aromatic N) is 2. The van der Waals surface area contributed by atoms with E-state index in [0.29, 0.717) is 6.04 Å². The molecule has 0 spiro atoms. The number of aromatic nitrogens is 1. The molecule has 1 unspecified atom stereocenters. The van der Waals surface area contributed by atoms with Crippen molar-refractivity contribution in [3.63, 3.8) is 0 Å². The smallest absolute Gasteiger partial charge is 0.0798 e. The van der Waals surface area contributed by atoms with Crippen LogP contribution in [0.25, 0.3) is 0 Å². The van der Waals surface area contributed by atoms with E-state index in [-0.39, 0.29) is 0 Å². The van der Waals surface area contributed by atoms with E-state index in [0.717, 1.165) is 12.5 Å². The highest BCUT2D eigenvalue weighted by atomic mass is 32.1. The average Bonchev–Trinajstić information content (AvgIpc) is 2.78. The molecule has 0 aromatic carbocycles. The highest BCUT2D eigenvalue weighted by Crippen LogP contribution is 2.22. The minimum absolute atomic E-state index is 0.448. The van der Waals surface area contributed by atoms with Gasteiger partial charge in [0, 0.05) is 10.9 Å². The Labute approximate surface area is 115 Å². The van der Waals surface area contributed by atoms with Crippen LogP contribution in [0.15, 0.2) is 5.51 Å². The highest BCUT2D eigenvalue weighted by Gasteiger charge is 2.17. The van der Waals surface area contributed by atoms with Gasteiger partial charge in [0.05, 0.1) is 11.2 Å². The van der Waals surface area contributed by atoms with Crippen molar-refractivity contribution in [2.45, 2.75) is 39.2 Å². The normalized spacial score (nSPS) is 20.2. The Balaban J connectivity index is 1.68. The second kappa shape index (κ2) is 6.64. The molecule has 0 radical (unpaired) electrons. The summed E-state index contributed by atoms with van der Waals surface area (Å²) in [6.45, 7) is 8.02. The van der Waals surface area contributed by atoms with Crippen molar-refractivity contribution in [1.29, 1.82) is 0 Å². The first-order chi connectivity index (χ1) is 8.66. The van der Waals surface area contributed by atoms with E-state index in [1.54, 1.807) is 11.3 Å². The Bertz CT molecular complexity index is 356. The van der Waals surface area contributed by atoms with Gasteiger partial charge < -0.3 is 10.2 Å². The maximum atomic E-state index is 4.32. The number of thiazole rings is 1. The molecule has 0 amide bonds. The van der Waals surface area contributed by atoms with Gasteiger partial charge in [0.1, 0.15) is 0 Å². The fraction of sp³-hybridized carbons (Fsp3) is 0.786. The molecule has 0 aliphatic carbocycles. The largest absolute Gasteiger partial charge is 0.309 e. The van der Waals surface area contributed by atoms with Gasteiger partial charge in [-0.2, -0.15) is 0 Å². The molecule has 18 heavy (non-hydrogen) atoms. The van der Waals surface area contributed by atoms with Crippen LogP contribution in [0.1, 0.15) is 42.8 Å². The van der Waals surface area contributed by atoms with Crippen molar-refractivity contribution in [3.8, 4) is 0 Å². The van der Waals surface area contributed by atoms with E-state index >= 15 is 0 Å². The third-order valence-corrected chi connectivity index (χ3v) is 5.13. The molecule has 2 rings (SSSR count). The SMILES string of the molecule is Cc1ncsc1C(C)NCCC1CCN(C)CC1. The summed E-state index contributed by atoms with van der Waals surface area (Å²) < 4.78 is 0. The van der Waals surface area contributed by atoms with Gasteiger partial charge in [0.2, 0.25) is 0 Å². The van der Waals surface area contributed by atoms with Crippen LogP contribution in [0.5, 0.6) is 0 Å². The molecule has 102 valence electrons. The van der Waals surface area contributed by atoms with Crippen LogP contribution < -0.4 is 5.32 Å². The Morgan fingerprint density at radius 2 is 2.22 bits per heavy atom.